The Balaban J connectivity index is 2.73. The lowest BCUT2D eigenvalue weighted by molar-refractivity contribution is -0.137. The summed E-state index contributed by atoms with van der Waals surface area (Å²) in [6.07, 6.45) is -0.0320. The zero-order chi connectivity index (χ0) is 19.7. The SMILES string of the molecule is CC(C)C(N)C(=O)NCC(CC(=O)NCCC(=O)O)c1ccc(Cl)cc1. The Morgan fingerprint density at radius 3 is 2.31 bits per heavy atom. The molecule has 2 unspecified atom stereocenters. The highest BCUT2D eigenvalue weighted by atomic mass is 35.5. The molecule has 0 heterocycles. The second-order valence-corrected chi connectivity index (χ2v) is 6.90. The largest absolute Gasteiger partial charge is 0.481 e. The van der Waals surface area contributed by atoms with Crippen molar-refractivity contribution >= 4 is 29.4 Å². The third-order valence-corrected chi connectivity index (χ3v) is 4.23. The predicted molar refractivity (Wildman–Crippen MR) is 99.9 cm³/mol. The van der Waals surface area contributed by atoms with E-state index < -0.39 is 12.0 Å². The van der Waals surface area contributed by atoms with Crippen molar-refractivity contribution in [1.82, 2.24) is 10.6 Å². The van der Waals surface area contributed by atoms with E-state index in [-0.39, 0.29) is 49.6 Å². The van der Waals surface area contributed by atoms with E-state index in [2.05, 4.69) is 10.6 Å². The number of halogens is 1. The van der Waals surface area contributed by atoms with E-state index >= 15 is 0 Å². The van der Waals surface area contributed by atoms with Crippen molar-refractivity contribution in [2.75, 3.05) is 13.1 Å². The van der Waals surface area contributed by atoms with E-state index in [1.807, 2.05) is 13.8 Å². The second-order valence-electron chi connectivity index (χ2n) is 6.46. The van der Waals surface area contributed by atoms with Gasteiger partial charge in [0.05, 0.1) is 12.5 Å². The number of carbonyl (C=O) groups is 3. The monoisotopic (exact) mass is 383 g/mol. The number of hydrogen-bond acceptors (Lipinski definition) is 4. The van der Waals surface area contributed by atoms with Crippen LogP contribution in [0.2, 0.25) is 5.02 Å². The van der Waals surface area contributed by atoms with E-state index in [1.54, 1.807) is 24.3 Å². The molecule has 26 heavy (non-hydrogen) atoms. The van der Waals surface area contributed by atoms with Crippen LogP contribution in [-0.4, -0.2) is 42.0 Å². The Labute approximate surface area is 158 Å². The van der Waals surface area contributed by atoms with Gasteiger partial charge < -0.3 is 21.5 Å². The smallest absolute Gasteiger partial charge is 0.305 e. The molecule has 0 spiro atoms. The molecule has 0 aliphatic carbocycles. The van der Waals surface area contributed by atoms with Crippen LogP contribution in [0.4, 0.5) is 0 Å². The number of hydrogen-bond donors (Lipinski definition) is 4. The summed E-state index contributed by atoms with van der Waals surface area (Å²) in [6.45, 7) is 4.02. The molecule has 2 amide bonds. The summed E-state index contributed by atoms with van der Waals surface area (Å²) in [6, 6.07) is 6.41. The highest BCUT2D eigenvalue weighted by molar-refractivity contribution is 6.30. The Kier molecular flexibility index (Phi) is 9.09. The summed E-state index contributed by atoms with van der Waals surface area (Å²) in [7, 11) is 0. The molecule has 1 rings (SSSR count). The van der Waals surface area contributed by atoms with E-state index in [9.17, 15) is 14.4 Å². The summed E-state index contributed by atoms with van der Waals surface area (Å²) in [5, 5.41) is 14.6. The first kappa shape index (κ1) is 21.9. The third kappa shape index (κ3) is 7.84. The fraction of sp³-hybridized carbons (Fsp3) is 0.500. The van der Waals surface area contributed by atoms with Gasteiger partial charge in [-0.3, -0.25) is 14.4 Å². The molecule has 0 aliphatic heterocycles. The van der Waals surface area contributed by atoms with Crippen molar-refractivity contribution in [2.24, 2.45) is 11.7 Å². The number of carbonyl (C=O) groups excluding carboxylic acids is 2. The molecule has 2 atom stereocenters. The first-order chi connectivity index (χ1) is 12.2. The maximum absolute atomic E-state index is 12.1. The zero-order valence-electron chi connectivity index (χ0n) is 15.0. The van der Waals surface area contributed by atoms with Crippen molar-refractivity contribution < 1.29 is 19.5 Å². The Morgan fingerprint density at radius 1 is 1.15 bits per heavy atom. The van der Waals surface area contributed by atoms with Gasteiger partial charge >= 0.3 is 5.97 Å². The van der Waals surface area contributed by atoms with Crippen molar-refractivity contribution in [2.45, 2.75) is 38.6 Å². The maximum atomic E-state index is 12.1. The van der Waals surface area contributed by atoms with Gasteiger partial charge in [0.15, 0.2) is 0 Å². The van der Waals surface area contributed by atoms with Gasteiger partial charge in [-0.25, -0.2) is 0 Å². The van der Waals surface area contributed by atoms with Crippen LogP contribution in [0.3, 0.4) is 0 Å². The summed E-state index contributed by atoms with van der Waals surface area (Å²) >= 11 is 5.90. The number of benzene rings is 1. The molecule has 5 N–H and O–H groups in total. The summed E-state index contributed by atoms with van der Waals surface area (Å²) in [4.78, 5) is 34.7. The molecular weight excluding hydrogens is 358 g/mol. The van der Waals surface area contributed by atoms with Gasteiger partial charge in [-0.05, 0) is 23.6 Å². The minimum atomic E-state index is -0.977. The lowest BCUT2D eigenvalue weighted by Gasteiger charge is -2.21. The van der Waals surface area contributed by atoms with Crippen molar-refractivity contribution in [3.8, 4) is 0 Å². The minimum absolute atomic E-state index is 0.00305. The average Bonchev–Trinajstić information content (AvgIpc) is 2.57. The normalized spacial score (nSPS) is 13.1. The van der Waals surface area contributed by atoms with Gasteiger partial charge in [-0.1, -0.05) is 37.6 Å². The Morgan fingerprint density at radius 2 is 1.77 bits per heavy atom. The minimum Gasteiger partial charge on any atom is -0.481 e. The van der Waals surface area contributed by atoms with E-state index in [4.69, 9.17) is 22.4 Å². The molecule has 0 bridgehead atoms. The fourth-order valence-electron chi connectivity index (χ4n) is 2.29. The van der Waals surface area contributed by atoms with Crippen LogP contribution in [0.1, 0.15) is 38.2 Å². The summed E-state index contributed by atoms with van der Waals surface area (Å²) in [5.41, 5.74) is 6.68. The Bertz CT molecular complexity index is 619. The standard InChI is InChI=1S/C18H26ClN3O4/c1-11(2)17(20)18(26)22-10-13(12-3-5-14(19)6-4-12)9-15(23)21-8-7-16(24)25/h3-6,11,13,17H,7-10,20H2,1-2H3,(H,21,23)(H,22,26)(H,24,25). The predicted octanol–water partition coefficient (Wildman–Crippen LogP) is 1.50. The number of nitrogens with two attached hydrogens (primary N) is 1. The molecule has 0 aliphatic rings. The highest BCUT2D eigenvalue weighted by Crippen LogP contribution is 2.21. The average molecular weight is 384 g/mol. The van der Waals surface area contributed by atoms with Crippen LogP contribution < -0.4 is 16.4 Å². The van der Waals surface area contributed by atoms with E-state index in [1.165, 1.54) is 0 Å². The first-order valence-electron chi connectivity index (χ1n) is 8.48. The van der Waals surface area contributed by atoms with Gasteiger partial charge in [0.1, 0.15) is 0 Å². The number of carboxylic acid groups (broad SMARTS) is 1. The lowest BCUT2D eigenvalue weighted by atomic mass is 9.94. The molecule has 0 fully saturated rings. The molecule has 7 nitrogen and oxygen atoms in total. The molecule has 144 valence electrons. The quantitative estimate of drug-likeness (QED) is 0.488. The Hall–Kier alpha value is -2.12. The van der Waals surface area contributed by atoms with Gasteiger partial charge in [0.2, 0.25) is 11.8 Å². The highest BCUT2D eigenvalue weighted by Gasteiger charge is 2.21. The molecule has 0 saturated heterocycles. The van der Waals surface area contributed by atoms with Crippen molar-refractivity contribution in [1.29, 1.82) is 0 Å². The van der Waals surface area contributed by atoms with Crippen LogP contribution in [-0.2, 0) is 14.4 Å². The van der Waals surface area contributed by atoms with Gasteiger partial charge in [0, 0.05) is 30.5 Å². The van der Waals surface area contributed by atoms with Crippen LogP contribution in [0.15, 0.2) is 24.3 Å². The molecule has 0 saturated carbocycles. The number of amides is 2. The number of aliphatic carboxylic acids is 1. The van der Waals surface area contributed by atoms with E-state index in [0.717, 1.165) is 5.56 Å². The molecule has 1 aromatic carbocycles. The fourth-order valence-corrected chi connectivity index (χ4v) is 2.42. The van der Waals surface area contributed by atoms with Crippen LogP contribution in [0.25, 0.3) is 0 Å². The topological polar surface area (TPSA) is 122 Å². The third-order valence-electron chi connectivity index (χ3n) is 3.98. The molecule has 8 heteroatoms. The van der Waals surface area contributed by atoms with Crippen LogP contribution >= 0.6 is 11.6 Å². The molecule has 1 aromatic rings. The molecule has 0 radical (unpaired) electrons. The van der Waals surface area contributed by atoms with Gasteiger partial charge in [0.25, 0.3) is 0 Å². The zero-order valence-corrected chi connectivity index (χ0v) is 15.8. The number of carboxylic acids is 1. The molecule has 0 aromatic heterocycles. The number of nitrogens with one attached hydrogen (secondary N) is 2. The van der Waals surface area contributed by atoms with Crippen LogP contribution in [0.5, 0.6) is 0 Å². The first-order valence-corrected chi connectivity index (χ1v) is 8.85. The summed E-state index contributed by atoms with van der Waals surface area (Å²) < 4.78 is 0. The van der Waals surface area contributed by atoms with Crippen LogP contribution in [0, 0.1) is 5.92 Å². The van der Waals surface area contributed by atoms with Crippen molar-refractivity contribution in [3.05, 3.63) is 34.9 Å². The molecular formula is C18H26ClN3O4. The number of rotatable bonds is 10. The second kappa shape index (κ2) is 10.8. The van der Waals surface area contributed by atoms with Crippen molar-refractivity contribution in [3.63, 3.8) is 0 Å². The van der Waals surface area contributed by atoms with Gasteiger partial charge in [-0.2, -0.15) is 0 Å². The lowest BCUT2D eigenvalue weighted by Crippen LogP contribution is -2.45. The summed E-state index contributed by atoms with van der Waals surface area (Å²) in [5.74, 6) is -1.81. The van der Waals surface area contributed by atoms with E-state index in [0.29, 0.717) is 5.02 Å². The van der Waals surface area contributed by atoms with Gasteiger partial charge in [-0.15, -0.1) is 0 Å². The maximum Gasteiger partial charge on any atom is 0.305 e.